The van der Waals surface area contributed by atoms with Crippen LogP contribution < -0.4 is 21.8 Å². The quantitative estimate of drug-likeness (QED) is 0.680. The van der Waals surface area contributed by atoms with Gasteiger partial charge in [-0.05, 0) is 24.3 Å². The largest absolute Gasteiger partial charge is 0.465 e. The third-order valence-corrected chi connectivity index (χ3v) is 2.65. The molecular weight excluding hydrogens is 260 g/mol. The maximum atomic E-state index is 11.9. The van der Waals surface area contributed by atoms with Crippen LogP contribution in [-0.4, -0.2) is 9.97 Å². The normalized spacial score (nSPS) is 13.0. The lowest BCUT2D eigenvalue weighted by atomic mass is 10.4. The number of nitrogens with one attached hydrogen (secondary N) is 2. The topological polar surface area (TPSA) is 92.0 Å². The smallest absolute Gasteiger partial charge is 0.272 e. The van der Waals surface area contributed by atoms with Crippen LogP contribution in [-0.2, 0) is 0 Å². The number of furan rings is 2. The van der Waals surface area contributed by atoms with Gasteiger partial charge in [0.1, 0.15) is 22.2 Å². The van der Waals surface area contributed by atoms with Gasteiger partial charge in [0.05, 0.1) is 12.5 Å². The summed E-state index contributed by atoms with van der Waals surface area (Å²) in [4.78, 5) is 28.8. The van der Waals surface area contributed by atoms with E-state index in [-0.39, 0.29) is 10.7 Å². The SMILES string of the molecule is O=c1[nH]/c(=C/c2ccco2)c(=O)[nH]/c1=C/c1ccco1. The highest BCUT2D eigenvalue weighted by molar-refractivity contribution is 5.42. The summed E-state index contributed by atoms with van der Waals surface area (Å²) in [5.74, 6) is 0.961. The zero-order chi connectivity index (χ0) is 13.9. The summed E-state index contributed by atoms with van der Waals surface area (Å²) < 4.78 is 10.2. The minimum atomic E-state index is -0.418. The molecule has 2 N–H and O–H groups in total. The average molecular weight is 270 g/mol. The molecule has 0 spiro atoms. The fourth-order valence-corrected chi connectivity index (χ4v) is 1.73. The van der Waals surface area contributed by atoms with Crippen LogP contribution in [0, 0.1) is 0 Å². The van der Waals surface area contributed by atoms with Crippen molar-refractivity contribution >= 4 is 12.2 Å². The molecule has 0 saturated heterocycles. The Balaban J connectivity index is 2.18. The Hall–Kier alpha value is -3.02. The molecule has 6 heteroatoms. The van der Waals surface area contributed by atoms with Crippen LogP contribution in [0.1, 0.15) is 11.5 Å². The third kappa shape index (κ3) is 2.39. The fraction of sp³-hybridized carbons (Fsp3) is 0. The van der Waals surface area contributed by atoms with E-state index in [2.05, 4.69) is 9.97 Å². The lowest BCUT2D eigenvalue weighted by molar-refractivity contribution is 0.555. The van der Waals surface area contributed by atoms with Crippen LogP contribution in [0.4, 0.5) is 0 Å². The van der Waals surface area contributed by atoms with Gasteiger partial charge in [0.15, 0.2) is 0 Å². The van der Waals surface area contributed by atoms with Gasteiger partial charge in [-0.2, -0.15) is 0 Å². The molecule has 0 radical (unpaired) electrons. The predicted molar refractivity (Wildman–Crippen MR) is 71.5 cm³/mol. The summed E-state index contributed by atoms with van der Waals surface area (Å²) >= 11 is 0. The summed E-state index contributed by atoms with van der Waals surface area (Å²) in [6.45, 7) is 0. The molecule has 6 nitrogen and oxygen atoms in total. The fourth-order valence-electron chi connectivity index (χ4n) is 1.73. The summed E-state index contributed by atoms with van der Waals surface area (Å²) in [5.41, 5.74) is -0.836. The highest BCUT2D eigenvalue weighted by Gasteiger charge is 1.98. The van der Waals surface area contributed by atoms with Gasteiger partial charge in [0, 0.05) is 12.2 Å². The van der Waals surface area contributed by atoms with Gasteiger partial charge < -0.3 is 18.8 Å². The Morgan fingerprint density at radius 2 is 1.25 bits per heavy atom. The van der Waals surface area contributed by atoms with E-state index in [0.29, 0.717) is 11.5 Å². The van der Waals surface area contributed by atoms with Crippen molar-refractivity contribution in [1.82, 2.24) is 9.97 Å². The van der Waals surface area contributed by atoms with Crippen molar-refractivity contribution in [2.45, 2.75) is 0 Å². The molecule has 0 aliphatic rings. The molecule has 3 aromatic heterocycles. The second-order valence-electron chi connectivity index (χ2n) is 4.06. The van der Waals surface area contributed by atoms with E-state index in [0.717, 1.165) is 0 Å². The maximum absolute atomic E-state index is 11.9. The third-order valence-electron chi connectivity index (χ3n) is 2.65. The van der Waals surface area contributed by atoms with Crippen molar-refractivity contribution in [3.05, 3.63) is 79.7 Å². The highest BCUT2D eigenvalue weighted by atomic mass is 16.3. The second-order valence-corrected chi connectivity index (χ2v) is 4.06. The van der Waals surface area contributed by atoms with Crippen LogP contribution in [0.3, 0.4) is 0 Å². The van der Waals surface area contributed by atoms with E-state index >= 15 is 0 Å². The molecular formula is C14H10N2O4. The number of aromatic amines is 2. The summed E-state index contributed by atoms with van der Waals surface area (Å²) in [6, 6.07) is 6.75. The summed E-state index contributed by atoms with van der Waals surface area (Å²) in [7, 11) is 0. The molecule has 20 heavy (non-hydrogen) atoms. The molecule has 0 aliphatic heterocycles. The van der Waals surface area contributed by atoms with Crippen LogP contribution in [0.15, 0.2) is 55.2 Å². The van der Waals surface area contributed by atoms with Crippen molar-refractivity contribution in [2.75, 3.05) is 0 Å². The maximum Gasteiger partial charge on any atom is 0.272 e. The first kappa shape index (κ1) is 12.0. The number of hydrogen-bond acceptors (Lipinski definition) is 4. The van der Waals surface area contributed by atoms with E-state index in [1.54, 1.807) is 24.3 Å². The second kappa shape index (κ2) is 4.93. The number of aromatic nitrogens is 2. The molecule has 0 aliphatic carbocycles. The lowest BCUT2D eigenvalue weighted by Crippen LogP contribution is -2.46. The van der Waals surface area contributed by atoms with Gasteiger partial charge in [0.2, 0.25) is 0 Å². The van der Waals surface area contributed by atoms with Crippen molar-refractivity contribution < 1.29 is 8.83 Å². The van der Waals surface area contributed by atoms with Gasteiger partial charge in [-0.1, -0.05) is 0 Å². The Kier molecular flexibility index (Phi) is 2.96. The lowest BCUT2D eigenvalue weighted by Gasteiger charge is -1.90. The van der Waals surface area contributed by atoms with E-state index in [9.17, 15) is 9.59 Å². The predicted octanol–water partition coefficient (Wildman–Crippen LogP) is -0.0932. The van der Waals surface area contributed by atoms with Gasteiger partial charge in [-0.15, -0.1) is 0 Å². The molecule has 0 saturated carbocycles. The molecule has 3 rings (SSSR count). The first-order valence-electron chi connectivity index (χ1n) is 5.85. The molecule has 0 amide bonds. The summed E-state index contributed by atoms with van der Waals surface area (Å²) in [5, 5.41) is 0.253. The van der Waals surface area contributed by atoms with E-state index in [1.165, 1.54) is 24.7 Å². The van der Waals surface area contributed by atoms with Crippen molar-refractivity contribution in [1.29, 1.82) is 0 Å². The first-order chi connectivity index (χ1) is 9.72. The molecule has 100 valence electrons. The van der Waals surface area contributed by atoms with Crippen LogP contribution in [0.5, 0.6) is 0 Å². The van der Waals surface area contributed by atoms with E-state index < -0.39 is 11.1 Å². The molecule has 3 aromatic rings. The number of H-pyrrole nitrogens is 2. The van der Waals surface area contributed by atoms with Gasteiger partial charge in [0.25, 0.3) is 11.1 Å². The Morgan fingerprint density at radius 1 is 0.800 bits per heavy atom. The number of hydrogen-bond donors (Lipinski definition) is 2. The zero-order valence-corrected chi connectivity index (χ0v) is 10.3. The Labute approximate surface area is 111 Å². The van der Waals surface area contributed by atoms with Crippen molar-refractivity contribution in [3.8, 4) is 0 Å². The molecule has 0 aromatic carbocycles. The van der Waals surface area contributed by atoms with Gasteiger partial charge >= 0.3 is 0 Å². The first-order valence-corrected chi connectivity index (χ1v) is 5.85. The Bertz CT molecular complexity index is 848. The summed E-state index contributed by atoms with van der Waals surface area (Å²) in [6.07, 6.45) is 5.88. The number of rotatable bonds is 2. The zero-order valence-electron chi connectivity index (χ0n) is 10.3. The molecule has 0 fully saturated rings. The minimum absolute atomic E-state index is 0.126. The minimum Gasteiger partial charge on any atom is -0.465 e. The van der Waals surface area contributed by atoms with Gasteiger partial charge in [-0.3, -0.25) is 9.59 Å². The molecule has 3 heterocycles. The van der Waals surface area contributed by atoms with Crippen molar-refractivity contribution in [3.63, 3.8) is 0 Å². The average Bonchev–Trinajstić information content (AvgIpc) is 3.08. The van der Waals surface area contributed by atoms with E-state index in [1.807, 2.05) is 0 Å². The Morgan fingerprint density at radius 3 is 1.60 bits per heavy atom. The van der Waals surface area contributed by atoms with Crippen LogP contribution >= 0.6 is 0 Å². The van der Waals surface area contributed by atoms with Gasteiger partial charge in [-0.25, -0.2) is 0 Å². The van der Waals surface area contributed by atoms with Crippen LogP contribution in [0.25, 0.3) is 12.2 Å². The molecule has 0 unspecified atom stereocenters. The molecule has 0 bridgehead atoms. The van der Waals surface area contributed by atoms with Crippen molar-refractivity contribution in [2.24, 2.45) is 0 Å². The van der Waals surface area contributed by atoms with E-state index in [4.69, 9.17) is 8.83 Å². The van der Waals surface area contributed by atoms with Crippen LogP contribution in [0.2, 0.25) is 0 Å². The monoisotopic (exact) mass is 270 g/mol. The standard InChI is InChI=1S/C14H10N2O4/c17-13-11(7-9-3-1-5-19-9)15-14(18)12(16-13)8-10-4-2-6-20-10/h1-8H,(H,15,18)(H,16,17)/b11-7+,12-8+. The molecule has 0 atom stereocenters. The highest BCUT2D eigenvalue weighted by Crippen LogP contribution is 1.99.